The van der Waals surface area contributed by atoms with Crippen LogP contribution in [-0.2, 0) is 26.1 Å². The standard InChI is InChI=1S/C24H29N5O/c30-13-5-11-29-17-19(20-6-1-2-8-23(20)29)16-28-12-9-21-18(15-28)14-26-24(27-21)22-7-3-4-10-25-22/h1-2,6,8,14,17,30H,3-5,7,9-13,15-16H2. The molecular weight excluding hydrogens is 374 g/mol. The van der Waals surface area contributed by atoms with Crippen molar-refractivity contribution >= 4 is 16.6 Å². The minimum atomic E-state index is 0.221. The van der Waals surface area contributed by atoms with Crippen LogP contribution in [0.3, 0.4) is 0 Å². The van der Waals surface area contributed by atoms with Crippen molar-refractivity contribution in [1.29, 1.82) is 0 Å². The molecule has 3 aromatic rings. The average Bonchev–Trinajstić information content (AvgIpc) is 3.15. The maximum Gasteiger partial charge on any atom is 0.173 e. The second-order valence-electron chi connectivity index (χ2n) is 8.35. The number of aryl methyl sites for hydroxylation is 1. The first-order chi connectivity index (χ1) is 14.8. The third-order valence-corrected chi connectivity index (χ3v) is 6.22. The summed E-state index contributed by atoms with van der Waals surface area (Å²) in [5.41, 5.74) is 6.11. The molecule has 0 amide bonds. The summed E-state index contributed by atoms with van der Waals surface area (Å²) in [5.74, 6) is 0.842. The molecule has 0 atom stereocenters. The van der Waals surface area contributed by atoms with E-state index in [-0.39, 0.29) is 6.61 Å². The Balaban J connectivity index is 1.34. The third kappa shape index (κ3) is 3.89. The fraction of sp³-hybridized carbons (Fsp3) is 0.458. The lowest BCUT2D eigenvalue weighted by Crippen LogP contribution is -2.31. The van der Waals surface area contributed by atoms with Crippen LogP contribution in [0.1, 0.15) is 48.3 Å². The predicted octanol–water partition coefficient (Wildman–Crippen LogP) is 3.35. The zero-order valence-corrected chi connectivity index (χ0v) is 17.4. The SMILES string of the molecule is OCCCn1cc(CN2CCc3nc(C4=NCCCC4)ncc3C2)c2ccccc21. The number of hydrogen-bond donors (Lipinski definition) is 1. The van der Waals surface area contributed by atoms with Crippen molar-refractivity contribution in [3.05, 3.63) is 59.3 Å². The van der Waals surface area contributed by atoms with E-state index in [1.807, 2.05) is 6.20 Å². The lowest BCUT2D eigenvalue weighted by molar-refractivity contribution is 0.243. The molecule has 0 fully saturated rings. The van der Waals surface area contributed by atoms with Gasteiger partial charge in [-0.2, -0.15) is 0 Å². The van der Waals surface area contributed by atoms with Crippen molar-refractivity contribution in [3.8, 4) is 0 Å². The van der Waals surface area contributed by atoms with Gasteiger partial charge in [0.15, 0.2) is 5.82 Å². The number of benzene rings is 1. The van der Waals surface area contributed by atoms with Gasteiger partial charge in [0, 0.05) is 74.6 Å². The van der Waals surface area contributed by atoms with E-state index in [1.165, 1.54) is 40.6 Å². The van der Waals surface area contributed by atoms with Crippen LogP contribution in [0.2, 0.25) is 0 Å². The van der Waals surface area contributed by atoms with Gasteiger partial charge in [0.2, 0.25) is 0 Å². The van der Waals surface area contributed by atoms with E-state index in [9.17, 15) is 5.11 Å². The van der Waals surface area contributed by atoms with Gasteiger partial charge in [0.05, 0.1) is 11.4 Å². The van der Waals surface area contributed by atoms with Crippen molar-refractivity contribution in [1.82, 2.24) is 19.4 Å². The number of aliphatic imine (C=N–C) groups is 1. The first-order valence-electron chi connectivity index (χ1n) is 11.1. The van der Waals surface area contributed by atoms with E-state index in [0.29, 0.717) is 0 Å². The van der Waals surface area contributed by atoms with Gasteiger partial charge in [-0.05, 0) is 37.3 Å². The van der Waals surface area contributed by atoms with Crippen LogP contribution < -0.4 is 0 Å². The second-order valence-corrected chi connectivity index (χ2v) is 8.35. The highest BCUT2D eigenvalue weighted by Gasteiger charge is 2.21. The zero-order valence-electron chi connectivity index (χ0n) is 17.4. The van der Waals surface area contributed by atoms with Crippen LogP contribution in [0.25, 0.3) is 10.9 Å². The molecule has 0 saturated heterocycles. The van der Waals surface area contributed by atoms with Crippen LogP contribution in [0.5, 0.6) is 0 Å². The Hall–Kier alpha value is -2.57. The highest BCUT2D eigenvalue weighted by atomic mass is 16.3. The lowest BCUT2D eigenvalue weighted by Gasteiger charge is -2.28. The maximum absolute atomic E-state index is 9.22. The first kappa shape index (κ1) is 19.4. The Morgan fingerprint density at radius 1 is 1.10 bits per heavy atom. The number of rotatable bonds is 6. The van der Waals surface area contributed by atoms with E-state index in [4.69, 9.17) is 4.98 Å². The van der Waals surface area contributed by atoms with Gasteiger partial charge in [0.1, 0.15) is 0 Å². The van der Waals surface area contributed by atoms with Crippen LogP contribution >= 0.6 is 0 Å². The van der Waals surface area contributed by atoms with E-state index in [1.54, 1.807) is 0 Å². The molecule has 0 saturated carbocycles. The van der Waals surface area contributed by atoms with E-state index in [0.717, 1.165) is 63.5 Å². The molecule has 4 heterocycles. The van der Waals surface area contributed by atoms with Gasteiger partial charge in [-0.25, -0.2) is 9.97 Å². The summed E-state index contributed by atoms with van der Waals surface area (Å²) < 4.78 is 2.28. The zero-order chi connectivity index (χ0) is 20.3. The number of aliphatic hydroxyl groups is 1. The van der Waals surface area contributed by atoms with E-state index in [2.05, 4.69) is 49.9 Å². The molecule has 2 aromatic heterocycles. The molecule has 0 spiro atoms. The average molecular weight is 404 g/mol. The molecule has 5 rings (SSSR count). The Labute approximate surface area is 177 Å². The molecule has 6 nitrogen and oxygen atoms in total. The van der Waals surface area contributed by atoms with Gasteiger partial charge in [-0.3, -0.25) is 9.89 Å². The Bertz CT molecular complexity index is 1070. The van der Waals surface area contributed by atoms with Gasteiger partial charge >= 0.3 is 0 Å². The van der Waals surface area contributed by atoms with Crippen molar-refractivity contribution in [2.24, 2.45) is 4.99 Å². The smallest absolute Gasteiger partial charge is 0.173 e. The van der Waals surface area contributed by atoms with Crippen molar-refractivity contribution < 1.29 is 5.11 Å². The summed E-state index contributed by atoms with van der Waals surface area (Å²) in [6.07, 6.45) is 9.40. The van der Waals surface area contributed by atoms with Crippen LogP contribution in [0.4, 0.5) is 0 Å². The molecule has 2 aliphatic rings. The monoisotopic (exact) mass is 403 g/mol. The number of para-hydroxylation sites is 1. The topological polar surface area (TPSA) is 66.5 Å². The minimum absolute atomic E-state index is 0.221. The highest BCUT2D eigenvalue weighted by molar-refractivity contribution is 5.97. The molecule has 0 radical (unpaired) electrons. The summed E-state index contributed by atoms with van der Waals surface area (Å²) in [6, 6.07) is 8.57. The number of hydrogen-bond acceptors (Lipinski definition) is 5. The fourth-order valence-electron chi connectivity index (χ4n) is 4.64. The molecule has 156 valence electrons. The quantitative estimate of drug-likeness (QED) is 0.685. The molecular formula is C24H29N5O. The summed E-state index contributed by atoms with van der Waals surface area (Å²) in [6.45, 7) is 4.79. The molecule has 1 aromatic carbocycles. The van der Waals surface area contributed by atoms with Gasteiger partial charge < -0.3 is 9.67 Å². The van der Waals surface area contributed by atoms with Crippen LogP contribution in [-0.4, -0.2) is 49.9 Å². The molecule has 2 aliphatic heterocycles. The van der Waals surface area contributed by atoms with Crippen molar-refractivity contribution in [3.63, 3.8) is 0 Å². The number of nitrogens with zero attached hydrogens (tertiary/aromatic N) is 5. The Morgan fingerprint density at radius 3 is 2.90 bits per heavy atom. The molecule has 6 heteroatoms. The Kier molecular flexibility index (Phi) is 5.60. The Morgan fingerprint density at radius 2 is 2.03 bits per heavy atom. The molecule has 0 aliphatic carbocycles. The normalized spacial score (nSPS) is 17.2. The molecule has 0 bridgehead atoms. The summed E-state index contributed by atoms with van der Waals surface area (Å²) in [4.78, 5) is 16.6. The van der Waals surface area contributed by atoms with Gasteiger partial charge in [0.25, 0.3) is 0 Å². The molecule has 30 heavy (non-hydrogen) atoms. The van der Waals surface area contributed by atoms with Crippen LogP contribution in [0, 0.1) is 0 Å². The maximum atomic E-state index is 9.22. The van der Waals surface area contributed by atoms with Gasteiger partial charge in [-0.1, -0.05) is 18.2 Å². The predicted molar refractivity (Wildman–Crippen MR) is 119 cm³/mol. The van der Waals surface area contributed by atoms with E-state index < -0.39 is 0 Å². The fourth-order valence-corrected chi connectivity index (χ4v) is 4.64. The molecule has 0 unspecified atom stereocenters. The lowest BCUT2D eigenvalue weighted by atomic mass is 10.0. The van der Waals surface area contributed by atoms with Gasteiger partial charge in [-0.15, -0.1) is 0 Å². The third-order valence-electron chi connectivity index (χ3n) is 6.22. The minimum Gasteiger partial charge on any atom is -0.396 e. The number of aliphatic hydroxyl groups excluding tert-OH is 1. The first-order valence-corrected chi connectivity index (χ1v) is 11.1. The van der Waals surface area contributed by atoms with Crippen LogP contribution in [0.15, 0.2) is 41.7 Å². The largest absolute Gasteiger partial charge is 0.396 e. The number of aromatic nitrogens is 3. The second kappa shape index (κ2) is 8.66. The molecule has 1 N–H and O–H groups in total. The van der Waals surface area contributed by atoms with Crippen molar-refractivity contribution in [2.45, 2.75) is 51.7 Å². The summed E-state index contributed by atoms with van der Waals surface area (Å²) >= 11 is 0. The van der Waals surface area contributed by atoms with E-state index >= 15 is 0 Å². The summed E-state index contributed by atoms with van der Waals surface area (Å²) in [5, 5.41) is 10.5. The summed E-state index contributed by atoms with van der Waals surface area (Å²) in [7, 11) is 0. The van der Waals surface area contributed by atoms with Crippen molar-refractivity contribution in [2.75, 3.05) is 19.7 Å². The highest BCUT2D eigenvalue weighted by Crippen LogP contribution is 2.26. The number of fused-ring (bicyclic) bond motifs is 2.